The number of nitrogens with one attached hydrogen (secondary N) is 1. The highest BCUT2D eigenvalue weighted by molar-refractivity contribution is 9.10. The summed E-state index contributed by atoms with van der Waals surface area (Å²) in [6.45, 7) is 0.248. The number of carboxylic acid groups (broad SMARTS) is 1. The topological polar surface area (TPSA) is 62.2 Å². The molecule has 0 amide bonds. The fourth-order valence-electron chi connectivity index (χ4n) is 1.30. The lowest BCUT2D eigenvalue weighted by atomic mass is 10.2. The van der Waals surface area contributed by atoms with Gasteiger partial charge < -0.3 is 10.4 Å². The zero-order valence-corrected chi connectivity index (χ0v) is 11.4. The van der Waals surface area contributed by atoms with Crippen molar-refractivity contribution in [1.29, 1.82) is 0 Å². The van der Waals surface area contributed by atoms with Gasteiger partial charge in [-0.05, 0) is 18.2 Å². The van der Waals surface area contributed by atoms with Gasteiger partial charge in [-0.1, -0.05) is 27.3 Å². The van der Waals surface area contributed by atoms with Crippen LogP contribution in [0.2, 0.25) is 0 Å². The molecule has 0 atom stereocenters. The van der Waals surface area contributed by atoms with E-state index in [0.29, 0.717) is 10.7 Å². The van der Waals surface area contributed by atoms with E-state index in [1.165, 1.54) is 12.3 Å². The summed E-state index contributed by atoms with van der Waals surface area (Å²) in [7, 11) is 0. The molecule has 7 heteroatoms. The molecule has 0 saturated carbocycles. The second-order valence-electron chi connectivity index (χ2n) is 3.42. The molecule has 2 N–H and O–H groups in total. The first-order chi connectivity index (χ1) is 8.56. The Morgan fingerprint density at radius 1 is 1.56 bits per heavy atom. The quantitative estimate of drug-likeness (QED) is 0.902. The van der Waals surface area contributed by atoms with Crippen LogP contribution < -0.4 is 5.32 Å². The van der Waals surface area contributed by atoms with Crippen molar-refractivity contribution in [3.05, 3.63) is 45.1 Å². The normalized spacial score (nSPS) is 10.3. The van der Waals surface area contributed by atoms with Gasteiger partial charge in [0.15, 0.2) is 5.13 Å². The first-order valence-corrected chi connectivity index (χ1v) is 6.54. The molecule has 0 aliphatic carbocycles. The first-order valence-electron chi connectivity index (χ1n) is 4.93. The summed E-state index contributed by atoms with van der Waals surface area (Å²) in [5.41, 5.74) is 0.483. The van der Waals surface area contributed by atoms with Gasteiger partial charge in [-0.3, -0.25) is 0 Å². The number of benzene rings is 1. The summed E-state index contributed by atoms with van der Waals surface area (Å²) >= 11 is 4.27. The zero-order chi connectivity index (χ0) is 13.1. The number of halogens is 2. The molecule has 0 fully saturated rings. The number of aromatic nitrogens is 1. The van der Waals surface area contributed by atoms with Crippen LogP contribution in [0.1, 0.15) is 15.2 Å². The summed E-state index contributed by atoms with van der Waals surface area (Å²) in [5.74, 6) is -1.34. The lowest BCUT2D eigenvalue weighted by Gasteiger charge is -2.04. The number of rotatable bonds is 4. The highest BCUT2D eigenvalue weighted by Gasteiger charge is 2.09. The Hall–Kier alpha value is -1.47. The number of anilines is 1. The summed E-state index contributed by atoms with van der Waals surface area (Å²) in [4.78, 5) is 14.7. The van der Waals surface area contributed by atoms with Crippen LogP contribution in [0.3, 0.4) is 0 Å². The Bertz CT molecular complexity index is 588. The monoisotopic (exact) mass is 330 g/mol. The minimum absolute atomic E-state index is 0.146. The van der Waals surface area contributed by atoms with E-state index >= 15 is 0 Å². The van der Waals surface area contributed by atoms with E-state index in [4.69, 9.17) is 5.11 Å². The number of aromatic carboxylic acids is 1. The second-order valence-corrected chi connectivity index (χ2v) is 5.37. The van der Waals surface area contributed by atoms with Crippen molar-refractivity contribution in [3.8, 4) is 0 Å². The molecule has 2 rings (SSSR count). The van der Waals surface area contributed by atoms with Gasteiger partial charge in [-0.2, -0.15) is 0 Å². The lowest BCUT2D eigenvalue weighted by molar-refractivity contribution is 0.0702. The van der Waals surface area contributed by atoms with Crippen molar-refractivity contribution in [2.24, 2.45) is 0 Å². The minimum Gasteiger partial charge on any atom is -0.477 e. The molecule has 0 aliphatic heterocycles. The Kier molecular flexibility index (Phi) is 3.93. The molecule has 0 saturated heterocycles. The fourth-order valence-corrected chi connectivity index (χ4v) is 2.36. The van der Waals surface area contributed by atoms with E-state index in [1.54, 1.807) is 12.1 Å². The van der Waals surface area contributed by atoms with Gasteiger partial charge in [-0.25, -0.2) is 14.2 Å². The average molecular weight is 331 g/mol. The standard InChI is InChI=1S/C11H8BrFN2O2S/c12-7-1-2-8(13)6(3-7)4-14-11-15-5-9(18-11)10(16)17/h1-3,5H,4H2,(H,14,15)(H,16,17). The maximum atomic E-state index is 13.4. The Morgan fingerprint density at radius 2 is 2.33 bits per heavy atom. The van der Waals surface area contributed by atoms with Crippen LogP contribution in [-0.4, -0.2) is 16.1 Å². The summed E-state index contributed by atoms with van der Waals surface area (Å²) in [5, 5.41) is 12.1. The van der Waals surface area contributed by atoms with Crippen LogP contribution in [0.5, 0.6) is 0 Å². The van der Waals surface area contributed by atoms with E-state index in [-0.39, 0.29) is 17.2 Å². The van der Waals surface area contributed by atoms with Gasteiger partial charge in [0.1, 0.15) is 10.7 Å². The maximum Gasteiger partial charge on any atom is 0.347 e. The number of carbonyl (C=O) groups is 1. The molecule has 0 radical (unpaired) electrons. The van der Waals surface area contributed by atoms with Gasteiger partial charge in [0, 0.05) is 16.6 Å². The molecule has 0 aliphatic rings. The van der Waals surface area contributed by atoms with Gasteiger partial charge in [0.25, 0.3) is 0 Å². The number of thiazole rings is 1. The van der Waals surface area contributed by atoms with Crippen LogP contribution in [-0.2, 0) is 6.54 Å². The number of hydrogen-bond donors (Lipinski definition) is 2. The van der Waals surface area contributed by atoms with Crippen molar-refractivity contribution in [1.82, 2.24) is 4.98 Å². The molecule has 1 aromatic carbocycles. The molecule has 94 valence electrons. The summed E-state index contributed by atoms with van der Waals surface area (Å²) in [6, 6.07) is 4.64. The minimum atomic E-state index is -1.02. The van der Waals surface area contributed by atoms with Crippen LogP contribution >= 0.6 is 27.3 Å². The smallest absolute Gasteiger partial charge is 0.347 e. The molecular formula is C11H8BrFN2O2S. The Morgan fingerprint density at radius 3 is 3.00 bits per heavy atom. The molecule has 2 aromatic rings. The molecule has 4 nitrogen and oxygen atoms in total. The third kappa shape index (κ3) is 3.05. The zero-order valence-electron chi connectivity index (χ0n) is 8.98. The number of carboxylic acids is 1. The van der Waals surface area contributed by atoms with Crippen LogP contribution in [0.15, 0.2) is 28.9 Å². The van der Waals surface area contributed by atoms with Crippen LogP contribution in [0.4, 0.5) is 9.52 Å². The third-order valence-corrected chi connectivity index (χ3v) is 3.59. The average Bonchev–Trinajstić information content (AvgIpc) is 2.79. The molecule has 1 heterocycles. The maximum absolute atomic E-state index is 13.4. The predicted molar refractivity (Wildman–Crippen MR) is 70.5 cm³/mol. The van der Waals surface area contributed by atoms with Gasteiger partial charge in [0.2, 0.25) is 0 Å². The van der Waals surface area contributed by atoms with E-state index in [1.807, 2.05) is 0 Å². The SMILES string of the molecule is O=C(O)c1cnc(NCc2cc(Br)ccc2F)s1. The molecular weight excluding hydrogens is 323 g/mol. The third-order valence-electron chi connectivity index (χ3n) is 2.15. The van der Waals surface area contributed by atoms with Crippen LogP contribution in [0.25, 0.3) is 0 Å². The molecule has 0 unspecified atom stereocenters. The molecule has 1 aromatic heterocycles. The van der Waals surface area contributed by atoms with Gasteiger partial charge in [-0.15, -0.1) is 0 Å². The summed E-state index contributed by atoms with van der Waals surface area (Å²) in [6.07, 6.45) is 1.27. The number of hydrogen-bond acceptors (Lipinski definition) is 4. The Labute approximate surface area is 115 Å². The summed E-state index contributed by atoms with van der Waals surface area (Å²) < 4.78 is 14.2. The largest absolute Gasteiger partial charge is 0.477 e. The van der Waals surface area contributed by atoms with Crippen molar-refractivity contribution in [2.75, 3.05) is 5.32 Å². The molecule has 0 spiro atoms. The predicted octanol–water partition coefficient (Wildman–Crippen LogP) is 3.36. The highest BCUT2D eigenvalue weighted by atomic mass is 79.9. The first kappa shape index (κ1) is 13.0. The van der Waals surface area contributed by atoms with Crippen LogP contribution in [0, 0.1) is 5.82 Å². The van der Waals surface area contributed by atoms with E-state index in [0.717, 1.165) is 15.8 Å². The van der Waals surface area contributed by atoms with Crippen molar-refractivity contribution in [3.63, 3.8) is 0 Å². The second kappa shape index (κ2) is 5.45. The number of nitrogens with zero attached hydrogens (tertiary/aromatic N) is 1. The lowest BCUT2D eigenvalue weighted by Crippen LogP contribution is -2.01. The van der Waals surface area contributed by atoms with Crippen molar-refractivity contribution >= 4 is 38.4 Å². The highest BCUT2D eigenvalue weighted by Crippen LogP contribution is 2.20. The van der Waals surface area contributed by atoms with Crippen molar-refractivity contribution < 1.29 is 14.3 Å². The van der Waals surface area contributed by atoms with Gasteiger partial charge >= 0.3 is 5.97 Å². The van der Waals surface area contributed by atoms with Crippen molar-refractivity contribution in [2.45, 2.75) is 6.54 Å². The Balaban J connectivity index is 2.06. The van der Waals surface area contributed by atoms with E-state index in [9.17, 15) is 9.18 Å². The fraction of sp³-hybridized carbons (Fsp3) is 0.0909. The van der Waals surface area contributed by atoms with Gasteiger partial charge in [0.05, 0.1) is 6.20 Å². The molecule has 0 bridgehead atoms. The van der Waals surface area contributed by atoms with E-state index in [2.05, 4.69) is 26.2 Å². The van der Waals surface area contributed by atoms with E-state index < -0.39 is 5.97 Å². The molecule has 18 heavy (non-hydrogen) atoms.